The van der Waals surface area contributed by atoms with Crippen LogP contribution in [0.3, 0.4) is 0 Å². The van der Waals surface area contributed by atoms with Gasteiger partial charge in [-0.25, -0.2) is 4.98 Å². The first-order valence-electron chi connectivity index (χ1n) is 7.96. The Morgan fingerprint density at radius 2 is 2.31 bits per heavy atom. The molecule has 1 saturated heterocycles. The van der Waals surface area contributed by atoms with Gasteiger partial charge >= 0.3 is 5.97 Å². The maximum atomic E-state index is 11.7. The highest BCUT2D eigenvalue weighted by molar-refractivity contribution is 9.10. The van der Waals surface area contributed by atoms with E-state index in [2.05, 4.69) is 31.2 Å². The Labute approximate surface area is 167 Å². The Morgan fingerprint density at radius 3 is 2.96 bits per heavy atom. The second-order valence-corrected chi connectivity index (χ2v) is 8.38. The zero-order valence-corrected chi connectivity index (χ0v) is 17.2. The van der Waals surface area contributed by atoms with E-state index < -0.39 is 0 Å². The largest absolute Gasteiger partial charge is 0.466 e. The summed E-state index contributed by atoms with van der Waals surface area (Å²) < 4.78 is 5.90. The molecule has 6 nitrogen and oxygen atoms in total. The number of hydrogen-bond acceptors (Lipinski definition) is 7. The fourth-order valence-electron chi connectivity index (χ4n) is 2.31. The van der Waals surface area contributed by atoms with Crippen LogP contribution in [0.4, 0.5) is 0 Å². The third kappa shape index (κ3) is 4.93. The lowest BCUT2D eigenvalue weighted by Gasteiger charge is -2.03. The van der Waals surface area contributed by atoms with Gasteiger partial charge in [-0.1, -0.05) is 11.8 Å². The summed E-state index contributed by atoms with van der Waals surface area (Å²) in [4.78, 5) is 33.1. The van der Waals surface area contributed by atoms with Gasteiger partial charge in [0.25, 0.3) is 0 Å². The van der Waals surface area contributed by atoms with Crippen LogP contribution in [0.15, 0.2) is 27.8 Å². The Morgan fingerprint density at radius 1 is 1.46 bits per heavy atom. The van der Waals surface area contributed by atoms with Crippen molar-refractivity contribution in [3.8, 4) is 11.4 Å². The lowest BCUT2D eigenvalue weighted by molar-refractivity contribution is -0.143. The number of nitrogens with zero attached hydrogens (tertiary/aromatic N) is 2. The van der Waals surface area contributed by atoms with Crippen LogP contribution in [0, 0.1) is 0 Å². The molecule has 2 aromatic rings. The Hall–Kier alpha value is -1.71. The lowest BCUT2D eigenvalue weighted by Crippen LogP contribution is -2.13. The second-order valence-electron chi connectivity index (χ2n) is 5.34. The Balaban J connectivity index is 1.88. The number of rotatable bonds is 6. The smallest absolute Gasteiger partial charge is 0.306 e. The molecule has 9 heteroatoms. The van der Waals surface area contributed by atoms with Crippen molar-refractivity contribution in [2.45, 2.75) is 19.8 Å². The first-order chi connectivity index (χ1) is 12.5. The predicted octanol–water partition coefficient (Wildman–Crippen LogP) is 3.62. The third-order valence-electron chi connectivity index (χ3n) is 3.42. The molecule has 26 heavy (non-hydrogen) atoms. The summed E-state index contributed by atoms with van der Waals surface area (Å²) in [5.41, 5.74) is 1.50. The first kappa shape index (κ1) is 19.1. The molecule has 3 rings (SSSR count). The van der Waals surface area contributed by atoms with E-state index in [4.69, 9.17) is 4.74 Å². The highest BCUT2D eigenvalue weighted by Crippen LogP contribution is 2.31. The maximum Gasteiger partial charge on any atom is 0.306 e. The number of thioether (sulfide) groups is 1. The average Bonchev–Trinajstić information content (AvgIpc) is 3.20. The van der Waals surface area contributed by atoms with Gasteiger partial charge in [-0.3, -0.25) is 14.6 Å². The van der Waals surface area contributed by atoms with Crippen molar-refractivity contribution in [1.82, 2.24) is 15.3 Å². The summed E-state index contributed by atoms with van der Waals surface area (Å²) in [6, 6.07) is 3.79. The quantitative estimate of drug-likeness (QED) is 0.672. The summed E-state index contributed by atoms with van der Waals surface area (Å²) >= 11 is 6.33. The number of aryl methyl sites for hydroxylation is 1. The number of nitrogens with one attached hydrogen (secondary N) is 1. The molecule has 0 radical (unpaired) electrons. The number of esters is 1. The van der Waals surface area contributed by atoms with Gasteiger partial charge < -0.3 is 10.1 Å². The predicted molar refractivity (Wildman–Crippen MR) is 107 cm³/mol. The number of carbonyl (C=O) groups excluding carboxylic acids is 2. The molecule has 2 aromatic heterocycles. The SMILES string of the molecule is CCOC(=O)CCc1sc(/C=C2\NC(=O)CS2)nc1-c1ccc(Br)cn1. The minimum atomic E-state index is -0.228. The normalized spacial score (nSPS) is 15.3. The minimum absolute atomic E-state index is 0.00450. The van der Waals surface area contributed by atoms with Gasteiger partial charge in [-0.15, -0.1) is 11.3 Å². The molecule has 1 aliphatic heterocycles. The van der Waals surface area contributed by atoms with Crippen molar-refractivity contribution in [1.29, 1.82) is 0 Å². The molecule has 0 unspecified atom stereocenters. The summed E-state index contributed by atoms with van der Waals surface area (Å²) in [6.07, 6.45) is 4.40. The van der Waals surface area contributed by atoms with Crippen molar-refractivity contribution in [2.24, 2.45) is 0 Å². The molecule has 0 aromatic carbocycles. The monoisotopic (exact) mass is 453 g/mol. The van der Waals surface area contributed by atoms with Gasteiger partial charge in [0, 0.05) is 21.6 Å². The molecule has 0 bridgehead atoms. The van der Waals surface area contributed by atoms with Crippen LogP contribution in [0.1, 0.15) is 23.2 Å². The van der Waals surface area contributed by atoms with Crippen LogP contribution in [0.5, 0.6) is 0 Å². The van der Waals surface area contributed by atoms with E-state index in [1.807, 2.05) is 18.2 Å². The van der Waals surface area contributed by atoms with E-state index in [0.29, 0.717) is 25.2 Å². The molecule has 1 aliphatic rings. The van der Waals surface area contributed by atoms with Gasteiger partial charge in [-0.05, 0) is 41.4 Å². The number of ether oxygens (including phenoxy) is 1. The van der Waals surface area contributed by atoms with E-state index in [-0.39, 0.29) is 11.9 Å². The molecular formula is C17H16BrN3O3S2. The van der Waals surface area contributed by atoms with E-state index in [1.54, 1.807) is 13.1 Å². The molecule has 1 amide bonds. The zero-order chi connectivity index (χ0) is 18.5. The van der Waals surface area contributed by atoms with Crippen LogP contribution in [-0.2, 0) is 20.7 Å². The van der Waals surface area contributed by atoms with Gasteiger partial charge in [-0.2, -0.15) is 0 Å². The molecule has 0 atom stereocenters. The van der Waals surface area contributed by atoms with Gasteiger partial charge in [0.2, 0.25) is 5.91 Å². The van der Waals surface area contributed by atoms with Crippen LogP contribution < -0.4 is 5.32 Å². The van der Waals surface area contributed by atoms with E-state index in [9.17, 15) is 9.59 Å². The minimum Gasteiger partial charge on any atom is -0.466 e. The average molecular weight is 454 g/mol. The molecule has 136 valence electrons. The van der Waals surface area contributed by atoms with Crippen LogP contribution in [0.2, 0.25) is 0 Å². The highest BCUT2D eigenvalue weighted by atomic mass is 79.9. The van der Waals surface area contributed by atoms with Crippen LogP contribution in [0.25, 0.3) is 17.5 Å². The van der Waals surface area contributed by atoms with Crippen molar-refractivity contribution >= 4 is 57.0 Å². The number of carbonyl (C=O) groups is 2. The number of hydrogen-bond donors (Lipinski definition) is 1. The van der Waals surface area contributed by atoms with Crippen molar-refractivity contribution < 1.29 is 14.3 Å². The van der Waals surface area contributed by atoms with Crippen LogP contribution in [-0.4, -0.2) is 34.2 Å². The molecular weight excluding hydrogens is 438 g/mol. The molecule has 0 saturated carbocycles. The Bertz CT molecular complexity index is 849. The maximum absolute atomic E-state index is 11.7. The fraction of sp³-hybridized carbons (Fsp3) is 0.294. The zero-order valence-electron chi connectivity index (χ0n) is 14.0. The lowest BCUT2D eigenvalue weighted by atomic mass is 10.2. The summed E-state index contributed by atoms with van der Waals surface area (Å²) in [5, 5.41) is 4.36. The number of halogens is 1. The highest BCUT2D eigenvalue weighted by Gasteiger charge is 2.18. The molecule has 0 spiro atoms. The van der Waals surface area contributed by atoms with Gasteiger partial charge in [0.05, 0.1) is 29.5 Å². The molecule has 3 heterocycles. The Kier molecular flexibility index (Phi) is 6.44. The fourth-order valence-corrected chi connectivity index (χ4v) is 4.37. The first-order valence-corrected chi connectivity index (χ1v) is 10.6. The van der Waals surface area contributed by atoms with Crippen molar-refractivity contribution in [2.75, 3.05) is 12.4 Å². The number of pyridine rings is 1. The molecule has 0 aliphatic carbocycles. The van der Waals surface area contributed by atoms with E-state index in [1.165, 1.54) is 23.1 Å². The van der Waals surface area contributed by atoms with Crippen molar-refractivity contribution in [3.05, 3.63) is 37.7 Å². The van der Waals surface area contributed by atoms with E-state index >= 15 is 0 Å². The van der Waals surface area contributed by atoms with Crippen molar-refractivity contribution in [3.63, 3.8) is 0 Å². The third-order valence-corrected chi connectivity index (χ3v) is 5.89. The molecule has 1 fully saturated rings. The standard InChI is InChI=1S/C17H16BrN3O3S2/c1-2-24-16(23)6-5-12-17(11-4-3-10(18)8-19-11)21-15(26-12)7-14-20-13(22)9-25-14/h3-4,7-8H,2,5-6,9H2,1H3,(H,20,22)/b14-7+. The van der Waals surface area contributed by atoms with Gasteiger partial charge in [0.1, 0.15) is 10.7 Å². The number of thiazole rings is 1. The van der Waals surface area contributed by atoms with Gasteiger partial charge in [0.15, 0.2) is 0 Å². The van der Waals surface area contributed by atoms with Crippen LogP contribution >= 0.6 is 39.0 Å². The molecule has 1 N–H and O–H groups in total. The second kappa shape index (κ2) is 8.79. The van der Waals surface area contributed by atoms with E-state index in [0.717, 1.165) is 30.8 Å². The summed E-state index contributed by atoms with van der Waals surface area (Å²) in [5.74, 6) is 0.192. The summed E-state index contributed by atoms with van der Waals surface area (Å²) in [6.45, 7) is 2.16. The topological polar surface area (TPSA) is 81.2 Å². The summed E-state index contributed by atoms with van der Waals surface area (Å²) in [7, 11) is 0. The number of aromatic nitrogens is 2. The number of amides is 1.